The van der Waals surface area contributed by atoms with Crippen LogP contribution in [-0.2, 0) is 6.54 Å². The molecule has 2 aromatic rings. The molecular formula is C14H19N3S. The number of aromatic nitrogens is 2. The average Bonchev–Trinajstić information content (AvgIpc) is 2.90. The predicted octanol–water partition coefficient (Wildman–Crippen LogP) is 3.27. The van der Waals surface area contributed by atoms with Crippen LogP contribution < -0.4 is 5.32 Å². The van der Waals surface area contributed by atoms with Gasteiger partial charge in [-0.2, -0.15) is 5.10 Å². The Morgan fingerprint density at radius 3 is 3.17 bits per heavy atom. The van der Waals surface area contributed by atoms with Gasteiger partial charge in [-0.3, -0.25) is 5.10 Å². The Morgan fingerprint density at radius 2 is 2.44 bits per heavy atom. The fraction of sp³-hybridized carbons (Fsp3) is 0.500. The van der Waals surface area contributed by atoms with Gasteiger partial charge in [-0.1, -0.05) is 13.0 Å². The number of rotatable bonds is 6. The van der Waals surface area contributed by atoms with Gasteiger partial charge < -0.3 is 5.32 Å². The van der Waals surface area contributed by atoms with Gasteiger partial charge in [-0.25, -0.2) is 0 Å². The van der Waals surface area contributed by atoms with Gasteiger partial charge in [0, 0.05) is 12.1 Å². The highest BCUT2D eigenvalue weighted by molar-refractivity contribution is 7.13. The highest BCUT2D eigenvalue weighted by Crippen LogP contribution is 2.36. The third-order valence-corrected chi connectivity index (χ3v) is 4.58. The van der Waals surface area contributed by atoms with Crippen LogP contribution in [-0.4, -0.2) is 16.7 Å². The second kappa shape index (κ2) is 5.24. The standard InChI is InChI=1S/C14H19N3S/c1-10(11-4-5-11)7-15-8-12-9-16-17-14(12)13-3-2-6-18-13/h2-3,6,9-11,15H,4-5,7-8H2,1H3,(H,16,17). The molecule has 3 nitrogen and oxygen atoms in total. The SMILES string of the molecule is CC(CNCc1cn[nH]c1-c1cccs1)C1CC1. The zero-order valence-electron chi connectivity index (χ0n) is 10.6. The van der Waals surface area contributed by atoms with E-state index >= 15 is 0 Å². The Labute approximate surface area is 112 Å². The van der Waals surface area contributed by atoms with E-state index in [2.05, 4.69) is 40.0 Å². The summed E-state index contributed by atoms with van der Waals surface area (Å²) in [5.74, 6) is 1.78. The second-order valence-corrected chi connectivity index (χ2v) is 6.14. The van der Waals surface area contributed by atoms with Crippen LogP contribution in [0.25, 0.3) is 10.6 Å². The highest BCUT2D eigenvalue weighted by Gasteiger charge is 2.27. The van der Waals surface area contributed by atoms with Crippen LogP contribution in [0.2, 0.25) is 0 Å². The molecule has 3 rings (SSSR count). The summed E-state index contributed by atoms with van der Waals surface area (Å²) in [7, 11) is 0. The maximum absolute atomic E-state index is 4.16. The third-order valence-electron chi connectivity index (χ3n) is 3.69. The monoisotopic (exact) mass is 261 g/mol. The molecular weight excluding hydrogens is 242 g/mol. The van der Waals surface area contributed by atoms with E-state index in [0.717, 1.165) is 30.6 Å². The number of H-pyrrole nitrogens is 1. The van der Waals surface area contributed by atoms with Crippen LogP contribution in [0.5, 0.6) is 0 Å². The fourth-order valence-electron chi connectivity index (χ4n) is 2.35. The molecule has 0 saturated heterocycles. The third kappa shape index (κ3) is 2.65. The molecule has 0 bridgehead atoms. The summed E-state index contributed by atoms with van der Waals surface area (Å²) >= 11 is 1.75. The molecule has 1 saturated carbocycles. The lowest BCUT2D eigenvalue weighted by molar-refractivity contribution is 0.462. The van der Waals surface area contributed by atoms with Crippen molar-refractivity contribution in [2.24, 2.45) is 11.8 Å². The Balaban J connectivity index is 1.58. The van der Waals surface area contributed by atoms with Crippen molar-refractivity contribution in [3.8, 4) is 10.6 Å². The topological polar surface area (TPSA) is 40.7 Å². The van der Waals surface area contributed by atoms with Crippen molar-refractivity contribution in [2.75, 3.05) is 6.54 Å². The van der Waals surface area contributed by atoms with E-state index < -0.39 is 0 Å². The van der Waals surface area contributed by atoms with Crippen LogP contribution in [0.3, 0.4) is 0 Å². The van der Waals surface area contributed by atoms with Crippen molar-refractivity contribution in [2.45, 2.75) is 26.3 Å². The second-order valence-electron chi connectivity index (χ2n) is 5.19. The molecule has 1 aliphatic rings. The van der Waals surface area contributed by atoms with E-state index in [4.69, 9.17) is 0 Å². The summed E-state index contributed by atoms with van der Waals surface area (Å²) in [6, 6.07) is 4.21. The van der Waals surface area contributed by atoms with E-state index in [1.165, 1.54) is 23.3 Å². The van der Waals surface area contributed by atoms with Crippen LogP contribution in [0.1, 0.15) is 25.3 Å². The molecule has 0 amide bonds. The largest absolute Gasteiger partial charge is 0.312 e. The summed E-state index contributed by atoms with van der Waals surface area (Å²) < 4.78 is 0. The molecule has 1 unspecified atom stereocenters. The zero-order chi connectivity index (χ0) is 12.4. The van der Waals surface area contributed by atoms with Gasteiger partial charge in [-0.05, 0) is 42.7 Å². The molecule has 1 aliphatic carbocycles. The maximum Gasteiger partial charge on any atom is 0.0794 e. The number of hydrogen-bond donors (Lipinski definition) is 2. The minimum absolute atomic E-state index is 0.807. The predicted molar refractivity (Wildman–Crippen MR) is 75.5 cm³/mol. The van der Waals surface area contributed by atoms with Crippen molar-refractivity contribution in [1.82, 2.24) is 15.5 Å². The lowest BCUT2D eigenvalue weighted by atomic mass is 10.1. The van der Waals surface area contributed by atoms with Crippen LogP contribution in [0, 0.1) is 11.8 Å². The summed E-state index contributed by atoms with van der Waals surface area (Å²) in [5.41, 5.74) is 2.43. The summed E-state index contributed by atoms with van der Waals surface area (Å²) in [6.45, 7) is 4.36. The average molecular weight is 261 g/mol. The number of nitrogens with one attached hydrogen (secondary N) is 2. The Bertz CT molecular complexity index is 485. The molecule has 1 fully saturated rings. The first kappa shape index (κ1) is 11.9. The molecule has 0 aliphatic heterocycles. The minimum atomic E-state index is 0.807. The number of aromatic amines is 1. The zero-order valence-corrected chi connectivity index (χ0v) is 11.5. The van der Waals surface area contributed by atoms with E-state index in [1.54, 1.807) is 11.3 Å². The minimum Gasteiger partial charge on any atom is -0.312 e. The van der Waals surface area contributed by atoms with Gasteiger partial charge in [-0.15, -0.1) is 11.3 Å². The Hall–Kier alpha value is -1.13. The quantitative estimate of drug-likeness (QED) is 0.838. The number of thiophene rings is 1. The van der Waals surface area contributed by atoms with Crippen molar-refractivity contribution in [1.29, 1.82) is 0 Å². The first-order valence-electron chi connectivity index (χ1n) is 6.61. The molecule has 0 radical (unpaired) electrons. The van der Waals surface area contributed by atoms with Crippen molar-refractivity contribution < 1.29 is 0 Å². The molecule has 2 aromatic heterocycles. The lowest BCUT2D eigenvalue weighted by Gasteiger charge is -2.11. The smallest absolute Gasteiger partial charge is 0.0794 e. The van der Waals surface area contributed by atoms with Gasteiger partial charge >= 0.3 is 0 Å². The van der Waals surface area contributed by atoms with Gasteiger partial charge in [0.15, 0.2) is 0 Å². The first-order chi connectivity index (χ1) is 8.84. The van der Waals surface area contributed by atoms with E-state index in [-0.39, 0.29) is 0 Å². The maximum atomic E-state index is 4.16. The summed E-state index contributed by atoms with van der Waals surface area (Å²) in [4.78, 5) is 1.26. The normalized spacial score (nSPS) is 16.9. The molecule has 2 heterocycles. The molecule has 4 heteroatoms. The summed E-state index contributed by atoms with van der Waals surface area (Å²) in [6.07, 6.45) is 4.79. The summed E-state index contributed by atoms with van der Waals surface area (Å²) in [5, 5.41) is 12.9. The molecule has 1 atom stereocenters. The Morgan fingerprint density at radius 1 is 1.56 bits per heavy atom. The molecule has 96 valence electrons. The van der Waals surface area contributed by atoms with Gasteiger partial charge in [0.05, 0.1) is 16.8 Å². The Kier molecular flexibility index (Phi) is 3.48. The van der Waals surface area contributed by atoms with Crippen molar-refractivity contribution >= 4 is 11.3 Å². The molecule has 0 spiro atoms. The number of nitrogens with zero attached hydrogens (tertiary/aromatic N) is 1. The van der Waals surface area contributed by atoms with Crippen LogP contribution in [0.4, 0.5) is 0 Å². The van der Waals surface area contributed by atoms with Crippen molar-refractivity contribution in [3.05, 3.63) is 29.3 Å². The van der Waals surface area contributed by atoms with Gasteiger partial charge in [0.2, 0.25) is 0 Å². The van der Waals surface area contributed by atoms with E-state index in [0.29, 0.717) is 0 Å². The fourth-order valence-corrected chi connectivity index (χ4v) is 3.10. The first-order valence-corrected chi connectivity index (χ1v) is 7.49. The van der Waals surface area contributed by atoms with Crippen LogP contribution in [0.15, 0.2) is 23.7 Å². The molecule has 18 heavy (non-hydrogen) atoms. The van der Waals surface area contributed by atoms with E-state index in [9.17, 15) is 0 Å². The van der Waals surface area contributed by atoms with Gasteiger partial charge in [0.25, 0.3) is 0 Å². The van der Waals surface area contributed by atoms with Crippen molar-refractivity contribution in [3.63, 3.8) is 0 Å². The molecule has 0 aromatic carbocycles. The van der Waals surface area contributed by atoms with Crippen LogP contribution >= 0.6 is 11.3 Å². The van der Waals surface area contributed by atoms with E-state index in [1.807, 2.05) is 6.20 Å². The van der Waals surface area contributed by atoms with Gasteiger partial charge in [0.1, 0.15) is 0 Å². The number of hydrogen-bond acceptors (Lipinski definition) is 3. The highest BCUT2D eigenvalue weighted by atomic mass is 32.1. The molecule has 2 N–H and O–H groups in total. The lowest BCUT2D eigenvalue weighted by Crippen LogP contribution is -2.21.